The van der Waals surface area contributed by atoms with Crippen LogP contribution in [0.4, 0.5) is 5.69 Å². The second-order valence-corrected chi connectivity index (χ2v) is 6.20. The molecule has 0 saturated heterocycles. The number of nitrogen functional groups attached to an aromatic ring is 1. The molecule has 0 aliphatic heterocycles. The lowest BCUT2D eigenvalue weighted by Crippen LogP contribution is -2.26. The Labute approximate surface area is 149 Å². The first-order valence-corrected chi connectivity index (χ1v) is 9.09. The van der Waals surface area contributed by atoms with Crippen LogP contribution in [0.15, 0.2) is 29.7 Å². The second-order valence-electron chi connectivity index (χ2n) is 6.20. The zero-order valence-corrected chi connectivity index (χ0v) is 15.1. The van der Waals surface area contributed by atoms with Crippen LogP contribution in [0.2, 0.25) is 0 Å². The number of ketones is 2. The second kappa shape index (κ2) is 9.25. The third-order valence-electron chi connectivity index (χ3n) is 4.18. The maximum atomic E-state index is 12.9. The fraction of sp³-hybridized carbons (Fsp3) is 0.500. The van der Waals surface area contributed by atoms with Gasteiger partial charge in [-0.25, -0.2) is 0 Å². The predicted molar refractivity (Wildman–Crippen MR) is 97.5 cm³/mol. The van der Waals surface area contributed by atoms with Gasteiger partial charge in [0, 0.05) is 11.3 Å². The first-order valence-electron chi connectivity index (χ1n) is 9.09. The van der Waals surface area contributed by atoms with Crippen molar-refractivity contribution in [1.29, 1.82) is 0 Å². The summed E-state index contributed by atoms with van der Waals surface area (Å²) in [6, 6.07) is 4.89. The third-order valence-corrected chi connectivity index (χ3v) is 4.18. The summed E-state index contributed by atoms with van der Waals surface area (Å²) in [5.41, 5.74) is 6.72. The number of allylic oxidation sites excluding steroid dienone is 2. The number of unbranched alkanes of at least 4 members (excludes halogenated alkanes) is 4. The molecule has 25 heavy (non-hydrogen) atoms. The molecule has 2 N–H and O–H groups in total. The average molecular weight is 345 g/mol. The van der Waals surface area contributed by atoms with Crippen LogP contribution in [0, 0.1) is 0 Å². The number of ether oxygens (including phenoxy) is 2. The van der Waals surface area contributed by atoms with Gasteiger partial charge in [0.15, 0.2) is 0 Å². The molecule has 1 aromatic rings. The molecule has 0 bridgehead atoms. The van der Waals surface area contributed by atoms with Crippen molar-refractivity contribution in [2.45, 2.75) is 52.4 Å². The van der Waals surface area contributed by atoms with E-state index in [0.717, 1.165) is 38.5 Å². The monoisotopic (exact) mass is 345 g/mol. The van der Waals surface area contributed by atoms with Gasteiger partial charge >= 0.3 is 0 Å². The van der Waals surface area contributed by atoms with E-state index >= 15 is 0 Å². The Morgan fingerprint density at radius 3 is 1.96 bits per heavy atom. The summed E-state index contributed by atoms with van der Waals surface area (Å²) < 4.78 is 11.4. The van der Waals surface area contributed by atoms with Gasteiger partial charge in [0.25, 0.3) is 0 Å². The SMILES string of the molecule is CCCCCOC1=C(OCCCCC)C(=O)c2c(N)cccc2C1=O. The van der Waals surface area contributed by atoms with Crippen LogP contribution in [0.1, 0.15) is 73.1 Å². The van der Waals surface area contributed by atoms with E-state index < -0.39 is 0 Å². The molecule has 0 radical (unpaired) electrons. The quantitative estimate of drug-likeness (QED) is 0.506. The Balaban J connectivity index is 2.28. The van der Waals surface area contributed by atoms with Crippen LogP contribution in [-0.2, 0) is 9.47 Å². The summed E-state index contributed by atoms with van der Waals surface area (Å²) in [5.74, 6) is -0.669. The molecular formula is C20H27NO4. The fourth-order valence-corrected chi connectivity index (χ4v) is 2.77. The van der Waals surface area contributed by atoms with Crippen LogP contribution < -0.4 is 5.73 Å². The van der Waals surface area contributed by atoms with E-state index in [-0.39, 0.29) is 39.9 Å². The van der Waals surface area contributed by atoms with E-state index in [1.54, 1.807) is 18.2 Å². The highest BCUT2D eigenvalue weighted by atomic mass is 16.5. The largest absolute Gasteiger partial charge is 0.486 e. The molecule has 5 heteroatoms. The van der Waals surface area contributed by atoms with Crippen molar-refractivity contribution in [2.75, 3.05) is 18.9 Å². The highest BCUT2D eigenvalue weighted by Crippen LogP contribution is 2.31. The molecule has 136 valence electrons. The third kappa shape index (κ3) is 4.41. The van der Waals surface area contributed by atoms with E-state index in [2.05, 4.69) is 13.8 Å². The Morgan fingerprint density at radius 2 is 1.40 bits per heavy atom. The van der Waals surface area contributed by atoms with E-state index in [1.807, 2.05) is 0 Å². The van der Waals surface area contributed by atoms with Gasteiger partial charge in [0.1, 0.15) is 0 Å². The molecule has 0 spiro atoms. The van der Waals surface area contributed by atoms with Gasteiger partial charge in [-0.05, 0) is 18.9 Å². The van der Waals surface area contributed by atoms with Gasteiger partial charge < -0.3 is 15.2 Å². The lowest BCUT2D eigenvalue weighted by atomic mass is 9.91. The summed E-state index contributed by atoms with van der Waals surface area (Å²) >= 11 is 0. The lowest BCUT2D eigenvalue weighted by molar-refractivity contribution is 0.0745. The van der Waals surface area contributed by atoms with Crippen LogP contribution in [0.5, 0.6) is 0 Å². The summed E-state index contributed by atoms with van der Waals surface area (Å²) in [6.07, 6.45) is 5.75. The number of hydrogen-bond donors (Lipinski definition) is 1. The van der Waals surface area contributed by atoms with Gasteiger partial charge in [-0.1, -0.05) is 51.7 Å². The first kappa shape index (κ1) is 19.0. The van der Waals surface area contributed by atoms with Gasteiger partial charge in [0.05, 0.1) is 18.8 Å². The lowest BCUT2D eigenvalue weighted by Gasteiger charge is -2.22. The van der Waals surface area contributed by atoms with Crippen molar-refractivity contribution in [3.05, 3.63) is 40.8 Å². The summed E-state index contributed by atoms with van der Waals surface area (Å²) in [5, 5.41) is 0. The van der Waals surface area contributed by atoms with Crippen LogP contribution in [0.25, 0.3) is 0 Å². The van der Waals surface area contributed by atoms with Crippen molar-refractivity contribution in [1.82, 2.24) is 0 Å². The number of Topliss-reactive ketones (excluding diaryl/α,β-unsaturated/α-hetero) is 2. The molecule has 5 nitrogen and oxygen atoms in total. The minimum absolute atomic E-state index is 0.00278. The van der Waals surface area contributed by atoms with E-state index in [0.29, 0.717) is 13.2 Å². The molecule has 1 aliphatic rings. The maximum Gasteiger partial charge on any atom is 0.234 e. The molecule has 0 saturated carbocycles. The number of hydrogen-bond acceptors (Lipinski definition) is 5. The summed E-state index contributed by atoms with van der Waals surface area (Å²) in [6.45, 7) is 4.96. The molecule has 1 aliphatic carbocycles. The minimum atomic E-state index is -0.366. The molecular weight excluding hydrogens is 318 g/mol. The number of rotatable bonds is 10. The van der Waals surface area contributed by atoms with Crippen molar-refractivity contribution >= 4 is 17.3 Å². The Bertz CT molecular complexity index is 664. The Kier molecular flexibility index (Phi) is 7.04. The van der Waals surface area contributed by atoms with E-state index in [9.17, 15) is 9.59 Å². The zero-order valence-electron chi connectivity index (χ0n) is 15.1. The molecule has 0 aromatic heterocycles. The summed E-state index contributed by atoms with van der Waals surface area (Å²) in [7, 11) is 0. The molecule has 0 heterocycles. The summed E-state index contributed by atoms with van der Waals surface area (Å²) in [4.78, 5) is 25.7. The molecule has 2 rings (SSSR count). The predicted octanol–water partition coefficient (Wildman–Crippen LogP) is 4.27. The fourth-order valence-electron chi connectivity index (χ4n) is 2.77. The topological polar surface area (TPSA) is 78.6 Å². The van der Waals surface area contributed by atoms with Crippen molar-refractivity contribution in [3.63, 3.8) is 0 Å². The number of anilines is 1. The molecule has 1 aromatic carbocycles. The van der Waals surface area contributed by atoms with Crippen molar-refractivity contribution in [2.24, 2.45) is 0 Å². The smallest absolute Gasteiger partial charge is 0.234 e. The standard InChI is InChI=1S/C20H27NO4/c1-3-5-7-12-24-19-17(22)14-10-9-11-15(21)16(14)18(23)20(19)25-13-8-6-4-2/h9-11H,3-8,12-13,21H2,1-2H3. The van der Waals surface area contributed by atoms with Crippen LogP contribution in [-0.4, -0.2) is 24.8 Å². The highest BCUT2D eigenvalue weighted by Gasteiger charge is 2.36. The van der Waals surface area contributed by atoms with E-state index in [1.165, 1.54) is 0 Å². The molecule has 0 fully saturated rings. The Morgan fingerprint density at radius 1 is 0.840 bits per heavy atom. The van der Waals surface area contributed by atoms with Crippen LogP contribution >= 0.6 is 0 Å². The number of benzene rings is 1. The van der Waals surface area contributed by atoms with Crippen LogP contribution in [0.3, 0.4) is 0 Å². The molecule has 0 atom stereocenters. The minimum Gasteiger partial charge on any atom is -0.486 e. The average Bonchev–Trinajstić information content (AvgIpc) is 2.61. The van der Waals surface area contributed by atoms with Gasteiger partial charge in [-0.2, -0.15) is 0 Å². The number of fused-ring (bicyclic) bond motifs is 1. The first-order chi connectivity index (χ1) is 12.1. The molecule has 0 amide bonds. The number of carbonyl (C=O) groups excluding carboxylic acids is 2. The van der Waals surface area contributed by atoms with Crippen molar-refractivity contribution < 1.29 is 19.1 Å². The Hall–Kier alpha value is -2.30. The van der Waals surface area contributed by atoms with Gasteiger partial charge in [-0.3, -0.25) is 9.59 Å². The maximum absolute atomic E-state index is 12.9. The van der Waals surface area contributed by atoms with Gasteiger partial charge in [-0.15, -0.1) is 0 Å². The zero-order chi connectivity index (χ0) is 18.2. The molecule has 0 unspecified atom stereocenters. The number of carbonyl (C=O) groups is 2. The van der Waals surface area contributed by atoms with Crippen molar-refractivity contribution in [3.8, 4) is 0 Å². The number of nitrogens with two attached hydrogens (primary N) is 1. The normalized spacial score (nSPS) is 13.8. The van der Waals surface area contributed by atoms with E-state index in [4.69, 9.17) is 15.2 Å². The highest BCUT2D eigenvalue weighted by molar-refractivity contribution is 6.27. The van der Waals surface area contributed by atoms with Gasteiger partial charge in [0.2, 0.25) is 23.1 Å².